The number of nitrogens with one attached hydrogen (secondary N) is 2. The molecule has 0 spiro atoms. The summed E-state index contributed by atoms with van der Waals surface area (Å²) in [7, 11) is 0. The molecular formula is C20H17ClN4O. The number of furan rings is 1. The van der Waals surface area contributed by atoms with E-state index in [-0.39, 0.29) is 0 Å². The van der Waals surface area contributed by atoms with Crippen molar-refractivity contribution in [1.29, 1.82) is 0 Å². The predicted molar refractivity (Wildman–Crippen MR) is 105 cm³/mol. The van der Waals surface area contributed by atoms with Crippen LogP contribution in [0.1, 0.15) is 11.5 Å². The van der Waals surface area contributed by atoms with Gasteiger partial charge in [0.1, 0.15) is 22.5 Å². The van der Waals surface area contributed by atoms with Crippen LogP contribution in [-0.4, -0.2) is 9.97 Å². The van der Waals surface area contributed by atoms with E-state index in [9.17, 15) is 0 Å². The first-order chi connectivity index (χ1) is 12.7. The van der Waals surface area contributed by atoms with Crippen LogP contribution in [0.2, 0.25) is 5.15 Å². The molecule has 0 atom stereocenters. The molecule has 0 aliphatic rings. The van der Waals surface area contributed by atoms with Crippen LogP contribution in [0.4, 0.5) is 17.2 Å². The average molecular weight is 365 g/mol. The Morgan fingerprint density at radius 3 is 2.73 bits per heavy atom. The minimum Gasteiger partial charge on any atom is -0.465 e. The first-order valence-electron chi connectivity index (χ1n) is 8.25. The van der Waals surface area contributed by atoms with Gasteiger partial charge in [0.05, 0.1) is 23.9 Å². The number of halogens is 1. The van der Waals surface area contributed by atoms with Crippen LogP contribution in [0.3, 0.4) is 0 Å². The van der Waals surface area contributed by atoms with E-state index in [4.69, 9.17) is 16.0 Å². The summed E-state index contributed by atoms with van der Waals surface area (Å²) in [6.07, 6.45) is 1.70. The van der Waals surface area contributed by atoms with Crippen LogP contribution < -0.4 is 10.6 Å². The fourth-order valence-corrected chi connectivity index (χ4v) is 2.84. The molecule has 4 rings (SSSR count). The molecule has 0 aliphatic carbocycles. The van der Waals surface area contributed by atoms with Gasteiger partial charge in [0.25, 0.3) is 0 Å². The summed E-state index contributed by atoms with van der Waals surface area (Å²) >= 11 is 5.84. The monoisotopic (exact) mass is 364 g/mol. The summed E-state index contributed by atoms with van der Waals surface area (Å²) in [4.78, 5) is 8.78. The van der Waals surface area contributed by atoms with E-state index in [1.54, 1.807) is 12.3 Å². The minimum absolute atomic E-state index is 0.470. The highest BCUT2D eigenvalue weighted by molar-refractivity contribution is 6.29. The van der Waals surface area contributed by atoms with Gasteiger partial charge < -0.3 is 15.1 Å². The number of hydrogen-bond acceptors (Lipinski definition) is 5. The maximum atomic E-state index is 5.84. The standard InChI is InChI=1S/C20H17ClN4O/c1-13-5-7-15(26-13)12-23-20-10-8-16-17(3-2-4-18(16)25-20)24-14-6-9-19(21)22-11-14/h2-11,24H,12H2,1H3,(H,23,25). The Bertz CT molecular complexity index is 1040. The number of hydrogen-bond donors (Lipinski definition) is 2. The summed E-state index contributed by atoms with van der Waals surface area (Å²) in [5.41, 5.74) is 2.74. The number of nitrogens with zero attached hydrogens (tertiary/aromatic N) is 2. The van der Waals surface area contributed by atoms with E-state index in [2.05, 4.69) is 20.6 Å². The fraction of sp³-hybridized carbons (Fsp3) is 0.100. The van der Waals surface area contributed by atoms with Crippen molar-refractivity contribution in [3.63, 3.8) is 0 Å². The summed E-state index contributed by atoms with van der Waals surface area (Å²) in [5.74, 6) is 2.59. The minimum atomic E-state index is 0.470. The Balaban J connectivity index is 1.56. The van der Waals surface area contributed by atoms with Gasteiger partial charge in [0.15, 0.2) is 0 Å². The third-order valence-electron chi connectivity index (χ3n) is 3.98. The molecule has 0 saturated heterocycles. The van der Waals surface area contributed by atoms with Crippen LogP contribution in [0, 0.1) is 6.92 Å². The number of aromatic nitrogens is 2. The van der Waals surface area contributed by atoms with E-state index in [0.29, 0.717) is 11.7 Å². The number of pyridine rings is 2. The summed E-state index contributed by atoms with van der Waals surface area (Å²) in [6.45, 7) is 2.53. The Labute approximate surface area is 156 Å². The Morgan fingerprint density at radius 1 is 1.04 bits per heavy atom. The topological polar surface area (TPSA) is 63.0 Å². The SMILES string of the molecule is Cc1ccc(CNc2ccc3c(Nc4ccc(Cl)nc4)cccc3n2)o1. The normalized spacial score (nSPS) is 10.8. The molecule has 26 heavy (non-hydrogen) atoms. The molecule has 0 fully saturated rings. The van der Waals surface area contributed by atoms with E-state index >= 15 is 0 Å². The zero-order chi connectivity index (χ0) is 17.9. The largest absolute Gasteiger partial charge is 0.465 e. The molecule has 3 aromatic heterocycles. The van der Waals surface area contributed by atoms with Crippen molar-refractivity contribution >= 4 is 39.7 Å². The molecule has 4 aromatic rings. The summed E-state index contributed by atoms with van der Waals surface area (Å²) < 4.78 is 5.57. The first-order valence-corrected chi connectivity index (χ1v) is 8.63. The zero-order valence-corrected chi connectivity index (χ0v) is 14.9. The predicted octanol–water partition coefficient (Wildman–Crippen LogP) is 5.54. The molecule has 0 aliphatic heterocycles. The van der Waals surface area contributed by atoms with Crippen molar-refractivity contribution in [3.8, 4) is 0 Å². The second-order valence-electron chi connectivity index (χ2n) is 5.93. The second-order valence-corrected chi connectivity index (χ2v) is 6.32. The smallest absolute Gasteiger partial charge is 0.129 e. The Kier molecular flexibility index (Phi) is 4.46. The molecule has 2 N–H and O–H groups in total. The number of anilines is 3. The van der Waals surface area contributed by atoms with Gasteiger partial charge in [-0.15, -0.1) is 0 Å². The van der Waals surface area contributed by atoms with Crippen LogP contribution in [0.5, 0.6) is 0 Å². The van der Waals surface area contributed by atoms with Gasteiger partial charge in [0, 0.05) is 11.1 Å². The average Bonchev–Trinajstić information content (AvgIpc) is 3.07. The van der Waals surface area contributed by atoms with Crippen molar-refractivity contribution in [1.82, 2.24) is 9.97 Å². The van der Waals surface area contributed by atoms with Crippen LogP contribution in [-0.2, 0) is 6.54 Å². The maximum Gasteiger partial charge on any atom is 0.129 e. The number of fused-ring (bicyclic) bond motifs is 1. The Hall–Kier alpha value is -3.05. The van der Waals surface area contributed by atoms with Gasteiger partial charge in [-0.2, -0.15) is 0 Å². The molecule has 1 aromatic carbocycles. The first kappa shape index (κ1) is 16.4. The van der Waals surface area contributed by atoms with Gasteiger partial charge in [-0.1, -0.05) is 17.7 Å². The van der Waals surface area contributed by atoms with Gasteiger partial charge >= 0.3 is 0 Å². The molecule has 0 bridgehead atoms. The van der Waals surface area contributed by atoms with E-state index in [1.165, 1.54) is 0 Å². The van der Waals surface area contributed by atoms with Crippen molar-refractivity contribution in [3.05, 3.63) is 77.5 Å². The van der Waals surface area contributed by atoms with Crippen molar-refractivity contribution in [2.24, 2.45) is 0 Å². The fourth-order valence-electron chi connectivity index (χ4n) is 2.73. The maximum absolute atomic E-state index is 5.84. The quantitative estimate of drug-likeness (QED) is 0.455. The van der Waals surface area contributed by atoms with Gasteiger partial charge in [-0.25, -0.2) is 9.97 Å². The third kappa shape index (κ3) is 3.63. The lowest BCUT2D eigenvalue weighted by Crippen LogP contribution is -2.01. The number of rotatable bonds is 5. The highest BCUT2D eigenvalue weighted by Crippen LogP contribution is 2.27. The molecule has 130 valence electrons. The molecule has 0 unspecified atom stereocenters. The summed E-state index contributed by atoms with van der Waals surface area (Å²) in [5, 5.41) is 8.15. The molecule has 0 amide bonds. The van der Waals surface area contributed by atoms with Gasteiger partial charge in [-0.05, 0) is 55.5 Å². The lowest BCUT2D eigenvalue weighted by Gasteiger charge is -2.11. The van der Waals surface area contributed by atoms with E-state index < -0.39 is 0 Å². The third-order valence-corrected chi connectivity index (χ3v) is 4.20. The van der Waals surface area contributed by atoms with Crippen LogP contribution in [0.15, 0.2) is 65.2 Å². The van der Waals surface area contributed by atoms with Gasteiger partial charge in [0.2, 0.25) is 0 Å². The van der Waals surface area contributed by atoms with Crippen LogP contribution >= 0.6 is 11.6 Å². The van der Waals surface area contributed by atoms with Crippen molar-refractivity contribution in [2.45, 2.75) is 13.5 Å². The van der Waals surface area contributed by atoms with Crippen LogP contribution in [0.25, 0.3) is 10.9 Å². The molecular weight excluding hydrogens is 348 g/mol. The highest BCUT2D eigenvalue weighted by atomic mass is 35.5. The lowest BCUT2D eigenvalue weighted by molar-refractivity contribution is 0.490. The highest BCUT2D eigenvalue weighted by Gasteiger charge is 2.05. The van der Waals surface area contributed by atoms with E-state index in [1.807, 2.05) is 55.5 Å². The number of benzene rings is 1. The van der Waals surface area contributed by atoms with E-state index in [0.717, 1.165) is 39.6 Å². The lowest BCUT2D eigenvalue weighted by atomic mass is 10.1. The summed E-state index contributed by atoms with van der Waals surface area (Å²) in [6, 6.07) is 17.5. The molecule has 5 nitrogen and oxygen atoms in total. The van der Waals surface area contributed by atoms with Crippen molar-refractivity contribution in [2.75, 3.05) is 10.6 Å². The van der Waals surface area contributed by atoms with Crippen molar-refractivity contribution < 1.29 is 4.42 Å². The zero-order valence-electron chi connectivity index (χ0n) is 14.2. The van der Waals surface area contributed by atoms with Gasteiger partial charge in [-0.3, -0.25) is 0 Å². The number of aryl methyl sites for hydroxylation is 1. The molecule has 3 heterocycles. The Morgan fingerprint density at radius 2 is 1.96 bits per heavy atom. The molecule has 0 saturated carbocycles. The molecule has 0 radical (unpaired) electrons. The molecule has 6 heteroatoms. The second kappa shape index (κ2) is 7.06.